The van der Waals surface area contributed by atoms with E-state index in [2.05, 4.69) is 46.4 Å². The van der Waals surface area contributed by atoms with Crippen LogP contribution < -0.4 is 0 Å². The Kier molecular flexibility index (Phi) is 4.36. The molecule has 0 fully saturated rings. The molecule has 1 aliphatic rings. The van der Waals surface area contributed by atoms with Crippen molar-refractivity contribution in [2.24, 2.45) is 0 Å². The molecule has 1 aliphatic heterocycles. The van der Waals surface area contributed by atoms with Crippen LogP contribution in [0, 0.1) is 6.92 Å². The second-order valence-electron chi connectivity index (χ2n) is 7.95. The molecule has 0 aliphatic carbocycles. The van der Waals surface area contributed by atoms with Crippen LogP contribution in [0.25, 0.3) is 28.0 Å². The van der Waals surface area contributed by atoms with Crippen molar-refractivity contribution in [3.63, 3.8) is 0 Å². The van der Waals surface area contributed by atoms with Crippen LogP contribution in [-0.4, -0.2) is 14.8 Å². The third kappa shape index (κ3) is 2.92. The van der Waals surface area contributed by atoms with Crippen LogP contribution in [0.3, 0.4) is 0 Å². The molecule has 4 aromatic rings. The number of nitrogens with zero attached hydrogens (tertiary/aromatic N) is 2. The maximum absolute atomic E-state index is 12.8. The molecule has 2 aromatic carbocycles. The van der Waals surface area contributed by atoms with Gasteiger partial charge >= 0.3 is 0 Å². The Morgan fingerprint density at radius 1 is 0.966 bits per heavy atom. The number of carbonyl (C=O) groups excluding carboxylic acids is 1. The molecular weight excluding hydrogens is 380 g/mol. The van der Waals surface area contributed by atoms with E-state index in [4.69, 9.17) is 11.6 Å². The third-order valence-electron chi connectivity index (χ3n) is 5.95. The van der Waals surface area contributed by atoms with Gasteiger partial charge in [-0.3, -0.25) is 9.20 Å². The first kappa shape index (κ1) is 18.3. The van der Waals surface area contributed by atoms with Gasteiger partial charge in [0.1, 0.15) is 5.65 Å². The summed E-state index contributed by atoms with van der Waals surface area (Å²) in [4.78, 5) is 12.8. The van der Waals surface area contributed by atoms with Crippen molar-refractivity contribution in [2.75, 3.05) is 0 Å². The SMILES string of the molecule is CC(=O)c1c(-c2ccc(Cl)cc2)c2c3n(c(-c4ccc(C)cc4)cn13)CCCC2. The molecule has 0 atom stereocenters. The van der Waals surface area contributed by atoms with Gasteiger partial charge in [0.25, 0.3) is 0 Å². The highest BCUT2D eigenvalue weighted by atomic mass is 35.5. The van der Waals surface area contributed by atoms with Crippen molar-refractivity contribution in [1.29, 1.82) is 0 Å². The smallest absolute Gasteiger partial charge is 0.177 e. The first-order valence-corrected chi connectivity index (χ1v) is 10.5. The second kappa shape index (κ2) is 6.93. The van der Waals surface area contributed by atoms with Gasteiger partial charge < -0.3 is 4.57 Å². The summed E-state index contributed by atoms with van der Waals surface area (Å²) in [6.07, 6.45) is 5.37. The number of benzene rings is 2. The van der Waals surface area contributed by atoms with Gasteiger partial charge in [-0.05, 0) is 49.4 Å². The predicted octanol–water partition coefficient (Wildman–Crippen LogP) is 6.58. The first-order chi connectivity index (χ1) is 14.0. The Balaban J connectivity index is 1.84. The molecule has 3 heterocycles. The van der Waals surface area contributed by atoms with Gasteiger partial charge in [0, 0.05) is 35.8 Å². The number of aromatic nitrogens is 2. The molecule has 0 spiro atoms. The zero-order chi connectivity index (χ0) is 20.1. The van der Waals surface area contributed by atoms with Crippen LogP contribution in [0.2, 0.25) is 5.02 Å². The quantitative estimate of drug-likeness (QED) is 0.355. The van der Waals surface area contributed by atoms with E-state index >= 15 is 0 Å². The van der Waals surface area contributed by atoms with E-state index in [9.17, 15) is 4.79 Å². The van der Waals surface area contributed by atoms with Crippen molar-refractivity contribution >= 4 is 23.0 Å². The number of rotatable bonds is 3. The largest absolute Gasteiger partial charge is 0.325 e. The molecule has 0 amide bonds. The lowest BCUT2D eigenvalue weighted by Crippen LogP contribution is -2.00. The predicted molar refractivity (Wildman–Crippen MR) is 119 cm³/mol. The van der Waals surface area contributed by atoms with E-state index in [1.807, 2.05) is 24.3 Å². The van der Waals surface area contributed by atoms with Gasteiger partial charge in [-0.1, -0.05) is 53.6 Å². The number of carbonyl (C=O) groups is 1. The molecule has 0 saturated heterocycles. The lowest BCUT2D eigenvalue weighted by atomic mass is 9.97. The summed E-state index contributed by atoms with van der Waals surface area (Å²) in [5, 5.41) is 0.707. The van der Waals surface area contributed by atoms with Crippen LogP contribution >= 0.6 is 11.6 Å². The molecule has 146 valence electrons. The van der Waals surface area contributed by atoms with E-state index in [1.54, 1.807) is 6.92 Å². The van der Waals surface area contributed by atoms with Gasteiger partial charge in [-0.2, -0.15) is 0 Å². The Labute approximate surface area is 175 Å². The number of aryl methyl sites for hydroxylation is 3. The maximum atomic E-state index is 12.8. The number of hydrogen-bond acceptors (Lipinski definition) is 1. The molecular formula is C25H23ClN2O. The molecule has 4 heteroatoms. The lowest BCUT2D eigenvalue weighted by molar-refractivity contribution is 0.101. The van der Waals surface area contributed by atoms with E-state index < -0.39 is 0 Å². The van der Waals surface area contributed by atoms with E-state index in [0.29, 0.717) is 5.02 Å². The third-order valence-corrected chi connectivity index (χ3v) is 6.20. The molecule has 5 rings (SSSR count). The maximum Gasteiger partial charge on any atom is 0.177 e. The van der Waals surface area contributed by atoms with E-state index in [0.717, 1.165) is 48.3 Å². The van der Waals surface area contributed by atoms with Crippen LogP contribution in [0.4, 0.5) is 0 Å². The standard InChI is InChI=1S/C25H23ClN2O/c1-16-6-8-18(9-7-16)22-15-28-24(17(2)29)23(19-10-12-20(26)13-11-19)21-5-3-4-14-27(22)25(21)28/h6-13,15H,3-5,14H2,1-2H3. The van der Waals surface area contributed by atoms with Gasteiger partial charge in [-0.15, -0.1) is 0 Å². The summed E-state index contributed by atoms with van der Waals surface area (Å²) in [6, 6.07) is 16.5. The minimum absolute atomic E-state index is 0.0874. The Hall–Kier alpha value is -2.78. The molecule has 0 unspecified atom stereocenters. The van der Waals surface area contributed by atoms with E-state index in [1.165, 1.54) is 22.4 Å². The monoisotopic (exact) mass is 402 g/mol. The Morgan fingerprint density at radius 2 is 1.66 bits per heavy atom. The molecule has 3 nitrogen and oxygen atoms in total. The van der Waals surface area contributed by atoms with Crippen molar-refractivity contribution in [2.45, 2.75) is 39.7 Å². The number of halogens is 1. The second-order valence-corrected chi connectivity index (χ2v) is 8.38. The van der Waals surface area contributed by atoms with Crippen LogP contribution in [0.1, 0.15) is 41.4 Å². The van der Waals surface area contributed by atoms with Gasteiger partial charge in [0.2, 0.25) is 0 Å². The molecule has 2 aromatic heterocycles. The fourth-order valence-electron chi connectivity index (χ4n) is 4.61. The average molecular weight is 403 g/mol. The van der Waals surface area contributed by atoms with Gasteiger partial charge in [0.15, 0.2) is 5.78 Å². The summed E-state index contributed by atoms with van der Waals surface area (Å²) in [7, 11) is 0. The minimum Gasteiger partial charge on any atom is -0.325 e. The fourth-order valence-corrected chi connectivity index (χ4v) is 4.74. The number of Topliss-reactive ketones (excluding diaryl/α,β-unsaturated/α-hetero) is 1. The molecule has 0 saturated carbocycles. The van der Waals surface area contributed by atoms with Crippen molar-refractivity contribution < 1.29 is 4.79 Å². The summed E-state index contributed by atoms with van der Waals surface area (Å²) in [5.74, 6) is 0.0874. The average Bonchev–Trinajstić information content (AvgIpc) is 3.12. The fraction of sp³-hybridized carbons (Fsp3) is 0.240. The Bertz CT molecular complexity index is 1230. The summed E-state index contributed by atoms with van der Waals surface area (Å²) < 4.78 is 4.53. The van der Waals surface area contributed by atoms with Gasteiger partial charge in [-0.25, -0.2) is 0 Å². The number of ketones is 1. The Morgan fingerprint density at radius 3 is 2.34 bits per heavy atom. The highest BCUT2D eigenvalue weighted by molar-refractivity contribution is 6.30. The summed E-state index contributed by atoms with van der Waals surface area (Å²) in [5.41, 5.74) is 8.94. The zero-order valence-corrected chi connectivity index (χ0v) is 17.5. The highest BCUT2D eigenvalue weighted by Gasteiger charge is 2.27. The number of imidazole rings is 1. The molecule has 0 bridgehead atoms. The lowest BCUT2D eigenvalue weighted by Gasteiger charge is -2.09. The summed E-state index contributed by atoms with van der Waals surface area (Å²) >= 11 is 6.12. The summed E-state index contributed by atoms with van der Waals surface area (Å²) in [6.45, 7) is 4.74. The zero-order valence-electron chi connectivity index (χ0n) is 16.7. The highest BCUT2D eigenvalue weighted by Crippen LogP contribution is 2.39. The van der Waals surface area contributed by atoms with Crippen LogP contribution in [-0.2, 0) is 13.0 Å². The molecule has 0 N–H and O–H groups in total. The topological polar surface area (TPSA) is 26.4 Å². The first-order valence-electron chi connectivity index (χ1n) is 10.1. The van der Waals surface area contributed by atoms with E-state index in [-0.39, 0.29) is 5.78 Å². The van der Waals surface area contributed by atoms with Gasteiger partial charge in [0.05, 0.1) is 11.4 Å². The van der Waals surface area contributed by atoms with Crippen molar-refractivity contribution in [1.82, 2.24) is 8.97 Å². The molecule has 0 radical (unpaired) electrons. The van der Waals surface area contributed by atoms with Crippen molar-refractivity contribution in [3.8, 4) is 22.4 Å². The normalized spacial score (nSPS) is 13.6. The number of hydrogen-bond donors (Lipinski definition) is 0. The van der Waals surface area contributed by atoms with Crippen LogP contribution in [0.5, 0.6) is 0 Å². The van der Waals surface area contributed by atoms with Crippen molar-refractivity contribution in [3.05, 3.63) is 76.6 Å². The van der Waals surface area contributed by atoms with Crippen LogP contribution in [0.15, 0.2) is 54.7 Å². The minimum atomic E-state index is 0.0874. The molecule has 29 heavy (non-hydrogen) atoms.